The van der Waals surface area contributed by atoms with Crippen LogP contribution < -0.4 is 16.4 Å². The van der Waals surface area contributed by atoms with E-state index in [2.05, 4.69) is 10.6 Å². The molecule has 5 nitrogen and oxygen atoms in total. The largest absolute Gasteiger partial charge is 0.381 e. The molecule has 94 valence electrons. The van der Waals surface area contributed by atoms with Gasteiger partial charge in [-0.05, 0) is 33.6 Å². The minimum absolute atomic E-state index is 0.153. The molecule has 0 radical (unpaired) electrons. The number of nitrogens with two attached hydrogens (primary N) is 1. The lowest BCUT2D eigenvalue weighted by Gasteiger charge is -2.37. The number of rotatable bonds is 2. The fraction of sp³-hybridized carbons (Fsp3) is 0.909. The van der Waals surface area contributed by atoms with Gasteiger partial charge in [-0.15, -0.1) is 0 Å². The molecule has 0 aromatic carbocycles. The number of carbonyl (C=O) groups is 1. The summed E-state index contributed by atoms with van der Waals surface area (Å²) in [6.07, 6.45) is 1.56. The van der Waals surface area contributed by atoms with Crippen LogP contribution in [0.2, 0.25) is 0 Å². The Morgan fingerprint density at radius 2 is 1.94 bits per heavy atom. The molecule has 1 heterocycles. The SMILES string of the molecule is CC(C)(C)NC(=O)NC1(CN)CCOCC1. The zero-order chi connectivity index (χ0) is 12.2. The first-order valence-corrected chi connectivity index (χ1v) is 5.75. The number of hydrogen-bond acceptors (Lipinski definition) is 3. The molecule has 0 aliphatic carbocycles. The fourth-order valence-electron chi connectivity index (χ4n) is 1.75. The molecule has 0 unspecified atom stereocenters. The minimum atomic E-state index is -0.298. The Balaban J connectivity index is 2.52. The van der Waals surface area contributed by atoms with E-state index in [-0.39, 0.29) is 17.1 Å². The highest BCUT2D eigenvalue weighted by Crippen LogP contribution is 2.19. The van der Waals surface area contributed by atoms with Crippen LogP contribution in [0.4, 0.5) is 4.79 Å². The van der Waals surface area contributed by atoms with Crippen LogP contribution in [-0.2, 0) is 4.74 Å². The quantitative estimate of drug-likeness (QED) is 0.648. The van der Waals surface area contributed by atoms with Crippen LogP contribution in [-0.4, -0.2) is 36.9 Å². The van der Waals surface area contributed by atoms with Crippen molar-refractivity contribution in [2.24, 2.45) is 5.73 Å². The molecule has 0 bridgehead atoms. The zero-order valence-corrected chi connectivity index (χ0v) is 10.4. The summed E-state index contributed by atoms with van der Waals surface area (Å²) in [5.74, 6) is 0. The summed E-state index contributed by atoms with van der Waals surface area (Å²) in [5.41, 5.74) is 5.22. The molecule has 0 aromatic rings. The van der Waals surface area contributed by atoms with E-state index in [0.717, 1.165) is 12.8 Å². The number of amides is 2. The van der Waals surface area contributed by atoms with E-state index >= 15 is 0 Å². The van der Waals surface area contributed by atoms with Crippen LogP contribution in [0.15, 0.2) is 0 Å². The van der Waals surface area contributed by atoms with Crippen molar-refractivity contribution in [3.8, 4) is 0 Å². The molecule has 0 aromatic heterocycles. The number of carbonyl (C=O) groups excluding carboxylic acids is 1. The van der Waals surface area contributed by atoms with Gasteiger partial charge in [-0.3, -0.25) is 0 Å². The smallest absolute Gasteiger partial charge is 0.315 e. The van der Waals surface area contributed by atoms with Gasteiger partial charge in [-0.2, -0.15) is 0 Å². The van der Waals surface area contributed by atoms with E-state index in [1.807, 2.05) is 20.8 Å². The first-order chi connectivity index (χ1) is 7.37. The zero-order valence-electron chi connectivity index (χ0n) is 10.4. The van der Waals surface area contributed by atoms with Gasteiger partial charge in [0.1, 0.15) is 0 Å². The Morgan fingerprint density at radius 1 is 1.38 bits per heavy atom. The van der Waals surface area contributed by atoms with Gasteiger partial charge in [0.05, 0.1) is 5.54 Å². The van der Waals surface area contributed by atoms with E-state index in [1.54, 1.807) is 0 Å². The molecular weight excluding hydrogens is 206 g/mol. The molecule has 0 saturated carbocycles. The van der Waals surface area contributed by atoms with Gasteiger partial charge in [0.15, 0.2) is 0 Å². The van der Waals surface area contributed by atoms with Gasteiger partial charge < -0.3 is 21.1 Å². The van der Waals surface area contributed by atoms with Crippen LogP contribution in [0.1, 0.15) is 33.6 Å². The molecule has 2 amide bonds. The third-order valence-electron chi connectivity index (χ3n) is 2.71. The normalized spacial score (nSPS) is 20.2. The van der Waals surface area contributed by atoms with Crippen molar-refractivity contribution in [2.45, 2.75) is 44.7 Å². The topological polar surface area (TPSA) is 76.4 Å². The van der Waals surface area contributed by atoms with Crippen LogP contribution in [0.3, 0.4) is 0 Å². The maximum absolute atomic E-state index is 11.8. The second-order valence-electron chi connectivity index (χ2n) is 5.43. The van der Waals surface area contributed by atoms with E-state index in [0.29, 0.717) is 19.8 Å². The Morgan fingerprint density at radius 3 is 2.38 bits per heavy atom. The van der Waals surface area contributed by atoms with E-state index in [9.17, 15) is 4.79 Å². The summed E-state index contributed by atoms with van der Waals surface area (Å²) < 4.78 is 5.28. The van der Waals surface area contributed by atoms with Gasteiger partial charge >= 0.3 is 6.03 Å². The average molecular weight is 229 g/mol. The summed E-state index contributed by atoms with van der Waals surface area (Å²) in [6, 6.07) is -0.153. The molecule has 1 aliphatic rings. The lowest BCUT2D eigenvalue weighted by Crippen LogP contribution is -2.60. The molecule has 1 fully saturated rings. The number of urea groups is 1. The van der Waals surface area contributed by atoms with Crippen LogP contribution in [0, 0.1) is 0 Å². The van der Waals surface area contributed by atoms with Crippen LogP contribution in [0.25, 0.3) is 0 Å². The number of nitrogens with one attached hydrogen (secondary N) is 2. The molecule has 5 heteroatoms. The van der Waals surface area contributed by atoms with Gasteiger partial charge in [0, 0.05) is 25.3 Å². The van der Waals surface area contributed by atoms with E-state index < -0.39 is 0 Å². The monoisotopic (exact) mass is 229 g/mol. The van der Waals surface area contributed by atoms with Crippen molar-refractivity contribution in [3.63, 3.8) is 0 Å². The van der Waals surface area contributed by atoms with Crippen molar-refractivity contribution < 1.29 is 9.53 Å². The lowest BCUT2D eigenvalue weighted by molar-refractivity contribution is 0.0452. The van der Waals surface area contributed by atoms with E-state index in [4.69, 9.17) is 10.5 Å². The maximum Gasteiger partial charge on any atom is 0.315 e. The Bertz CT molecular complexity index is 242. The number of ether oxygens (including phenoxy) is 1. The second-order valence-corrected chi connectivity index (χ2v) is 5.43. The average Bonchev–Trinajstić information content (AvgIpc) is 2.16. The highest BCUT2D eigenvalue weighted by molar-refractivity contribution is 5.75. The molecule has 1 saturated heterocycles. The highest BCUT2D eigenvalue weighted by atomic mass is 16.5. The van der Waals surface area contributed by atoms with Gasteiger partial charge in [-0.25, -0.2) is 4.79 Å². The molecule has 0 spiro atoms. The minimum Gasteiger partial charge on any atom is -0.381 e. The maximum atomic E-state index is 11.8. The Labute approximate surface area is 97.1 Å². The van der Waals surface area contributed by atoms with Crippen LogP contribution in [0.5, 0.6) is 0 Å². The molecule has 1 aliphatic heterocycles. The third kappa shape index (κ3) is 3.98. The van der Waals surface area contributed by atoms with E-state index in [1.165, 1.54) is 0 Å². The van der Waals surface area contributed by atoms with Gasteiger partial charge in [-0.1, -0.05) is 0 Å². The van der Waals surface area contributed by atoms with Crippen molar-refractivity contribution in [2.75, 3.05) is 19.8 Å². The number of hydrogen-bond donors (Lipinski definition) is 3. The Kier molecular flexibility index (Phi) is 4.15. The third-order valence-corrected chi connectivity index (χ3v) is 2.71. The standard InChI is InChI=1S/C11H23N3O2/c1-10(2,3)13-9(15)14-11(8-12)4-6-16-7-5-11/h4-8,12H2,1-3H3,(H2,13,14,15). The summed E-state index contributed by atoms with van der Waals surface area (Å²) in [6.45, 7) is 7.62. The first-order valence-electron chi connectivity index (χ1n) is 5.75. The van der Waals surface area contributed by atoms with Crippen molar-refractivity contribution in [1.82, 2.24) is 10.6 Å². The van der Waals surface area contributed by atoms with Crippen molar-refractivity contribution >= 4 is 6.03 Å². The lowest BCUT2D eigenvalue weighted by atomic mass is 9.90. The highest BCUT2D eigenvalue weighted by Gasteiger charge is 2.33. The molecule has 1 rings (SSSR count). The molecular formula is C11H23N3O2. The predicted octanol–water partition coefficient (Wildman–Crippen LogP) is 0.592. The first kappa shape index (κ1) is 13.3. The van der Waals surface area contributed by atoms with Crippen LogP contribution >= 0.6 is 0 Å². The molecule has 16 heavy (non-hydrogen) atoms. The van der Waals surface area contributed by atoms with Crippen molar-refractivity contribution in [3.05, 3.63) is 0 Å². The summed E-state index contributed by atoms with van der Waals surface area (Å²) >= 11 is 0. The Hall–Kier alpha value is -0.810. The fourth-order valence-corrected chi connectivity index (χ4v) is 1.75. The second kappa shape index (κ2) is 5.01. The van der Waals surface area contributed by atoms with Gasteiger partial charge in [0.25, 0.3) is 0 Å². The predicted molar refractivity (Wildman–Crippen MR) is 63.3 cm³/mol. The summed E-state index contributed by atoms with van der Waals surface area (Å²) in [4.78, 5) is 11.8. The molecule has 0 atom stereocenters. The summed E-state index contributed by atoms with van der Waals surface area (Å²) in [5, 5.41) is 5.86. The van der Waals surface area contributed by atoms with Gasteiger partial charge in [0.2, 0.25) is 0 Å². The van der Waals surface area contributed by atoms with Crippen molar-refractivity contribution in [1.29, 1.82) is 0 Å². The summed E-state index contributed by atoms with van der Waals surface area (Å²) in [7, 11) is 0. The molecule has 4 N–H and O–H groups in total.